The summed E-state index contributed by atoms with van der Waals surface area (Å²) in [6.45, 7) is 1.30. The van der Waals surface area contributed by atoms with Gasteiger partial charge in [0.25, 0.3) is 0 Å². The Balaban J connectivity index is 3.58. The smallest absolute Gasteiger partial charge is 0.317 e. The molecular formula is C17H28O7. The van der Waals surface area contributed by atoms with Gasteiger partial charge in [0, 0.05) is 0 Å². The van der Waals surface area contributed by atoms with Crippen LogP contribution in [0.2, 0.25) is 0 Å². The van der Waals surface area contributed by atoms with Gasteiger partial charge in [-0.15, -0.1) is 0 Å². The summed E-state index contributed by atoms with van der Waals surface area (Å²) in [6, 6.07) is 0. The van der Waals surface area contributed by atoms with Crippen LogP contribution in [0.25, 0.3) is 0 Å². The van der Waals surface area contributed by atoms with Crippen molar-refractivity contribution in [3.8, 4) is 0 Å². The van der Waals surface area contributed by atoms with Gasteiger partial charge in [-0.3, -0.25) is 19.2 Å². The summed E-state index contributed by atoms with van der Waals surface area (Å²) in [4.78, 5) is 43.4. The minimum Gasteiger partial charge on any atom is -0.481 e. The van der Waals surface area contributed by atoms with Crippen molar-refractivity contribution in [2.45, 2.75) is 71.1 Å². The molecule has 0 spiro atoms. The molecule has 0 aromatic heterocycles. The highest BCUT2D eigenvalue weighted by atomic mass is 16.4. The third-order valence-electron chi connectivity index (χ3n) is 4.12. The van der Waals surface area contributed by atoms with Gasteiger partial charge in [-0.2, -0.15) is 0 Å². The van der Waals surface area contributed by atoms with Crippen molar-refractivity contribution in [1.82, 2.24) is 0 Å². The minimum atomic E-state index is -1.31. The van der Waals surface area contributed by atoms with E-state index in [0.717, 1.165) is 44.9 Å². The molecule has 138 valence electrons. The summed E-state index contributed by atoms with van der Waals surface area (Å²) in [7, 11) is 0. The molecule has 7 heteroatoms. The van der Waals surface area contributed by atoms with E-state index in [1.54, 1.807) is 0 Å². The monoisotopic (exact) mass is 344 g/mol. The maximum Gasteiger partial charge on any atom is 0.317 e. The number of hydrogen-bond donors (Lipinski definition) is 3. The zero-order valence-electron chi connectivity index (χ0n) is 14.2. The summed E-state index contributed by atoms with van der Waals surface area (Å²) >= 11 is 0. The van der Waals surface area contributed by atoms with Crippen LogP contribution in [0.3, 0.4) is 0 Å². The lowest BCUT2D eigenvalue weighted by atomic mass is 9.96. The number of ketones is 1. The molecule has 0 radical (unpaired) electrons. The van der Waals surface area contributed by atoms with E-state index in [0.29, 0.717) is 12.8 Å². The third-order valence-corrected chi connectivity index (χ3v) is 4.12. The van der Waals surface area contributed by atoms with Gasteiger partial charge in [-0.25, -0.2) is 0 Å². The van der Waals surface area contributed by atoms with E-state index in [1.165, 1.54) is 6.92 Å². The van der Waals surface area contributed by atoms with Crippen LogP contribution in [0, 0.1) is 11.8 Å². The Morgan fingerprint density at radius 3 is 1.17 bits per heavy atom. The fourth-order valence-electron chi connectivity index (χ4n) is 2.61. The van der Waals surface area contributed by atoms with Crippen molar-refractivity contribution < 1.29 is 34.5 Å². The van der Waals surface area contributed by atoms with E-state index in [-0.39, 0.29) is 12.2 Å². The number of aliphatic carboxylic acids is 3. The SMILES string of the molecule is CC(=O)C(CCCCCCCCCCC(C(=O)O)C(=O)O)C(=O)O. The van der Waals surface area contributed by atoms with Crippen LogP contribution >= 0.6 is 0 Å². The Bertz CT molecular complexity index is 363. The first-order valence-electron chi connectivity index (χ1n) is 8.46. The predicted octanol–water partition coefficient (Wildman–Crippen LogP) is 2.96. The molecule has 7 nitrogen and oxygen atoms in total. The quantitative estimate of drug-likeness (QED) is 0.307. The number of carbonyl (C=O) groups excluding carboxylic acids is 1. The molecule has 1 atom stereocenters. The summed E-state index contributed by atoms with van der Waals surface area (Å²) in [6.07, 6.45) is 7.42. The van der Waals surface area contributed by atoms with Crippen molar-refractivity contribution in [2.24, 2.45) is 11.8 Å². The van der Waals surface area contributed by atoms with Gasteiger partial charge in [0.2, 0.25) is 0 Å². The average Bonchev–Trinajstić information content (AvgIpc) is 2.46. The molecule has 0 bridgehead atoms. The van der Waals surface area contributed by atoms with Crippen LogP contribution in [0.1, 0.15) is 71.1 Å². The average molecular weight is 344 g/mol. The number of carboxylic acids is 3. The fraction of sp³-hybridized carbons (Fsp3) is 0.765. The van der Waals surface area contributed by atoms with E-state index < -0.39 is 29.7 Å². The second-order valence-electron chi connectivity index (χ2n) is 6.14. The molecule has 0 fully saturated rings. The Labute approximate surface area is 142 Å². The van der Waals surface area contributed by atoms with Gasteiger partial charge < -0.3 is 15.3 Å². The number of unbranched alkanes of at least 4 members (excludes halogenated alkanes) is 7. The van der Waals surface area contributed by atoms with Gasteiger partial charge in [0.15, 0.2) is 5.92 Å². The lowest BCUT2D eigenvalue weighted by molar-refractivity contribution is -0.155. The number of hydrogen-bond acceptors (Lipinski definition) is 4. The molecule has 0 aliphatic rings. The second kappa shape index (κ2) is 12.5. The Hall–Kier alpha value is -1.92. The summed E-state index contributed by atoms with van der Waals surface area (Å²) in [5, 5.41) is 26.4. The van der Waals surface area contributed by atoms with E-state index in [4.69, 9.17) is 15.3 Å². The third kappa shape index (κ3) is 9.97. The van der Waals surface area contributed by atoms with Crippen molar-refractivity contribution in [1.29, 1.82) is 0 Å². The van der Waals surface area contributed by atoms with Crippen LogP contribution < -0.4 is 0 Å². The zero-order chi connectivity index (χ0) is 18.5. The van der Waals surface area contributed by atoms with Crippen LogP contribution in [-0.4, -0.2) is 39.0 Å². The normalized spacial score (nSPS) is 12.1. The van der Waals surface area contributed by atoms with Crippen LogP contribution in [-0.2, 0) is 19.2 Å². The van der Waals surface area contributed by atoms with Gasteiger partial charge in [0.1, 0.15) is 11.7 Å². The van der Waals surface area contributed by atoms with Crippen molar-refractivity contribution in [3.63, 3.8) is 0 Å². The molecule has 0 aromatic rings. The van der Waals surface area contributed by atoms with Gasteiger partial charge in [0.05, 0.1) is 0 Å². The predicted molar refractivity (Wildman–Crippen MR) is 86.7 cm³/mol. The zero-order valence-corrected chi connectivity index (χ0v) is 14.2. The number of carboxylic acid groups (broad SMARTS) is 3. The Morgan fingerprint density at radius 2 is 0.875 bits per heavy atom. The van der Waals surface area contributed by atoms with Gasteiger partial charge >= 0.3 is 17.9 Å². The molecular weight excluding hydrogens is 316 g/mol. The van der Waals surface area contributed by atoms with Crippen LogP contribution in [0.15, 0.2) is 0 Å². The standard InChI is InChI=1S/C17H28O7/c1-12(18)13(15(19)20)10-8-6-4-2-3-5-7-9-11-14(16(21)22)17(23)24/h13-14H,2-11H2,1H3,(H,19,20)(H,21,22)(H,23,24). The van der Waals surface area contributed by atoms with Gasteiger partial charge in [-0.05, 0) is 19.8 Å². The molecule has 0 amide bonds. The first-order chi connectivity index (χ1) is 11.3. The first-order valence-corrected chi connectivity index (χ1v) is 8.46. The molecule has 3 N–H and O–H groups in total. The molecule has 0 rings (SSSR count). The van der Waals surface area contributed by atoms with Crippen LogP contribution in [0.4, 0.5) is 0 Å². The maximum atomic E-state index is 11.1. The van der Waals surface area contributed by atoms with E-state index in [2.05, 4.69) is 0 Å². The van der Waals surface area contributed by atoms with Crippen LogP contribution in [0.5, 0.6) is 0 Å². The second-order valence-corrected chi connectivity index (χ2v) is 6.14. The molecule has 0 aliphatic heterocycles. The van der Waals surface area contributed by atoms with Crippen molar-refractivity contribution in [2.75, 3.05) is 0 Å². The minimum absolute atomic E-state index is 0.159. The molecule has 0 aromatic carbocycles. The molecule has 0 saturated heterocycles. The largest absolute Gasteiger partial charge is 0.481 e. The topological polar surface area (TPSA) is 129 Å². The van der Waals surface area contributed by atoms with Gasteiger partial charge in [-0.1, -0.05) is 51.4 Å². The molecule has 1 unspecified atom stereocenters. The van der Waals surface area contributed by atoms with E-state index in [1.807, 2.05) is 0 Å². The highest BCUT2D eigenvalue weighted by Gasteiger charge is 2.24. The highest BCUT2D eigenvalue weighted by Crippen LogP contribution is 2.16. The van der Waals surface area contributed by atoms with E-state index >= 15 is 0 Å². The Morgan fingerprint density at radius 1 is 0.583 bits per heavy atom. The maximum absolute atomic E-state index is 11.1. The molecule has 0 saturated carbocycles. The lowest BCUT2D eigenvalue weighted by Gasteiger charge is -2.08. The summed E-state index contributed by atoms with van der Waals surface area (Å²) in [5.74, 6) is -6.12. The number of Topliss-reactive ketones (excluding diaryl/α,β-unsaturated/α-hetero) is 1. The fourth-order valence-corrected chi connectivity index (χ4v) is 2.61. The number of carbonyl (C=O) groups is 4. The Kier molecular flexibility index (Phi) is 11.5. The first kappa shape index (κ1) is 22.1. The van der Waals surface area contributed by atoms with Crippen molar-refractivity contribution in [3.05, 3.63) is 0 Å². The summed E-state index contributed by atoms with van der Waals surface area (Å²) < 4.78 is 0. The lowest BCUT2D eigenvalue weighted by Crippen LogP contribution is -2.23. The van der Waals surface area contributed by atoms with E-state index in [9.17, 15) is 19.2 Å². The highest BCUT2D eigenvalue weighted by molar-refractivity contribution is 5.96. The van der Waals surface area contributed by atoms with Crippen molar-refractivity contribution >= 4 is 23.7 Å². The number of rotatable bonds is 15. The summed E-state index contributed by atoms with van der Waals surface area (Å²) in [5.41, 5.74) is 0. The molecule has 0 heterocycles. The molecule has 0 aliphatic carbocycles. The molecule has 24 heavy (non-hydrogen) atoms.